The Morgan fingerprint density at radius 1 is 1.24 bits per heavy atom. The summed E-state index contributed by atoms with van der Waals surface area (Å²) in [7, 11) is 0. The lowest BCUT2D eigenvalue weighted by molar-refractivity contribution is 0.556. The molecule has 0 aliphatic rings. The van der Waals surface area contributed by atoms with Gasteiger partial charge in [0.05, 0.1) is 5.69 Å². The highest BCUT2D eigenvalue weighted by atomic mass is 15.4. The zero-order chi connectivity index (χ0) is 12.3. The summed E-state index contributed by atoms with van der Waals surface area (Å²) >= 11 is 0. The van der Waals surface area contributed by atoms with E-state index in [1.807, 2.05) is 4.68 Å². The van der Waals surface area contributed by atoms with Crippen molar-refractivity contribution in [3.63, 3.8) is 0 Å². The van der Waals surface area contributed by atoms with Crippen molar-refractivity contribution in [1.82, 2.24) is 15.0 Å². The van der Waals surface area contributed by atoms with Gasteiger partial charge in [-0.3, -0.25) is 0 Å². The van der Waals surface area contributed by atoms with Crippen molar-refractivity contribution < 1.29 is 0 Å². The highest BCUT2D eigenvalue weighted by Crippen LogP contribution is 2.21. The van der Waals surface area contributed by atoms with Crippen LogP contribution in [0.1, 0.15) is 24.6 Å². The van der Waals surface area contributed by atoms with Gasteiger partial charge >= 0.3 is 0 Å². The molecule has 4 heteroatoms. The summed E-state index contributed by atoms with van der Waals surface area (Å²) in [5.41, 5.74) is 10.0. The third-order valence-electron chi connectivity index (χ3n) is 2.79. The molecular weight excluding hydrogens is 212 g/mol. The number of benzene rings is 1. The number of hydrogen-bond acceptors (Lipinski definition) is 3. The Kier molecular flexibility index (Phi) is 3.54. The van der Waals surface area contributed by atoms with Gasteiger partial charge < -0.3 is 5.73 Å². The molecule has 90 valence electrons. The minimum Gasteiger partial charge on any atom is -0.325 e. The van der Waals surface area contributed by atoms with Crippen LogP contribution in [0.3, 0.4) is 0 Å². The van der Waals surface area contributed by atoms with Gasteiger partial charge in [-0.1, -0.05) is 42.0 Å². The molecule has 0 fully saturated rings. The largest absolute Gasteiger partial charge is 0.325 e. The van der Waals surface area contributed by atoms with Crippen LogP contribution in [0.25, 0.3) is 11.3 Å². The maximum atomic E-state index is 5.79. The van der Waals surface area contributed by atoms with Crippen LogP contribution in [0.2, 0.25) is 0 Å². The van der Waals surface area contributed by atoms with E-state index in [-0.39, 0.29) is 0 Å². The lowest BCUT2D eigenvalue weighted by atomic mass is 10.1. The second-order valence-corrected chi connectivity index (χ2v) is 4.18. The Morgan fingerprint density at radius 2 is 1.94 bits per heavy atom. The number of hydrogen-bond donors (Lipinski definition) is 1. The summed E-state index contributed by atoms with van der Waals surface area (Å²) in [4.78, 5) is 0. The molecule has 0 amide bonds. The number of nitrogens with two attached hydrogens (primary N) is 1. The van der Waals surface area contributed by atoms with E-state index in [0.717, 1.165) is 29.9 Å². The Labute approximate surface area is 101 Å². The molecular formula is C13H18N4. The molecule has 17 heavy (non-hydrogen) atoms. The van der Waals surface area contributed by atoms with Gasteiger partial charge in [0.15, 0.2) is 0 Å². The Hall–Kier alpha value is -1.68. The van der Waals surface area contributed by atoms with Gasteiger partial charge in [-0.05, 0) is 13.3 Å². The molecule has 1 heterocycles. The molecule has 4 nitrogen and oxygen atoms in total. The maximum Gasteiger partial charge on any atom is 0.117 e. The molecule has 0 aliphatic carbocycles. The predicted octanol–water partition coefficient (Wildman–Crippen LogP) is 2.12. The molecule has 1 aromatic carbocycles. The minimum atomic E-state index is 0.468. The molecule has 2 N–H and O–H groups in total. The first-order chi connectivity index (χ1) is 8.26. The smallest absolute Gasteiger partial charge is 0.117 e. The fraction of sp³-hybridized carbons (Fsp3) is 0.385. The van der Waals surface area contributed by atoms with Crippen molar-refractivity contribution in [2.75, 3.05) is 0 Å². The third kappa shape index (κ3) is 2.36. The van der Waals surface area contributed by atoms with E-state index in [1.165, 1.54) is 5.56 Å². The summed E-state index contributed by atoms with van der Waals surface area (Å²) in [5.74, 6) is 0. The molecule has 0 atom stereocenters. The second-order valence-electron chi connectivity index (χ2n) is 4.18. The van der Waals surface area contributed by atoms with Crippen molar-refractivity contribution in [3.8, 4) is 11.3 Å². The third-order valence-corrected chi connectivity index (χ3v) is 2.79. The zero-order valence-electron chi connectivity index (χ0n) is 10.3. The van der Waals surface area contributed by atoms with Crippen LogP contribution < -0.4 is 5.73 Å². The van der Waals surface area contributed by atoms with Gasteiger partial charge in [-0.25, -0.2) is 4.68 Å². The lowest BCUT2D eigenvalue weighted by Crippen LogP contribution is -2.09. The van der Waals surface area contributed by atoms with E-state index >= 15 is 0 Å². The average molecular weight is 230 g/mol. The highest BCUT2D eigenvalue weighted by Gasteiger charge is 2.12. The van der Waals surface area contributed by atoms with Crippen LogP contribution in [0.5, 0.6) is 0 Å². The molecule has 2 rings (SSSR count). The van der Waals surface area contributed by atoms with E-state index in [1.54, 1.807) is 0 Å². The molecule has 1 aromatic heterocycles. The fourth-order valence-electron chi connectivity index (χ4n) is 1.86. The second kappa shape index (κ2) is 5.10. The normalized spacial score (nSPS) is 10.8. The van der Waals surface area contributed by atoms with Crippen molar-refractivity contribution in [1.29, 1.82) is 0 Å². The summed E-state index contributed by atoms with van der Waals surface area (Å²) in [6.07, 6.45) is 1.03. The first-order valence-electron chi connectivity index (χ1n) is 5.95. The molecule has 0 radical (unpaired) electrons. The van der Waals surface area contributed by atoms with E-state index in [4.69, 9.17) is 5.73 Å². The summed E-state index contributed by atoms with van der Waals surface area (Å²) < 4.78 is 1.90. The monoisotopic (exact) mass is 230 g/mol. The van der Waals surface area contributed by atoms with Gasteiger partial charge in [0.1, 0.15) is 5.69 Å². The van der Waals surface area contributed by atoms with Gasteiger partial charge in [0, 0.05) is 18.7 Å². The SMILES string of the molecule is CCCn1nnc(-c2ccc(C)cc2)c1CN. The van der Waals surface area contributed by atoms with Crippen molar-refractivity contribution in [3.05, 3.63) is 35.5 Å². The predicted molar refractivity (Wildman–Crippen MR) is 68.4 cm³/mol. The number of rotatable bonds is 4. The molecule has 0 bridgehead atoms. The first kappa shape index (κ1) is 11.8. The summed E-state index contributed by atoms with van der Waals surface area (Å²) in [6.45, 7) is 5.52. The van der Waals surface area contributed by atoms with E-state index < -0.39 is 0 Å². The fourth-order valence-corrected chi connectivity index (χ4v) is 1.86. The van der Waals surface area contributed by atoms with Crippen molar-refractivity contribution in [2.45, 2.75) is 33.4 Å². The molecule has 0 aliphatic heterocycles. The molecule has 0 spiro atoms. The van der Waals surface area contributed by atoms with Gasteiger partial charge in [-0.15, -0.1) is 5.10 Å². The number of aromatic nitrogens is 3. The molecule has 0 saturated heterocycles. The summed E-state index contributed by atoms with van der Waals surface area (Å²) in [6, 6.07) is 8.28. The van der Waals surface area contributed by atoms with Crippen LogP contribution in [-0.2, 0) is 13.1 Å². The van der Waals surface area contributed by atoms with Crippen LogP contribution in [0.4, 0.5) is 0 Å². The standard InChI is InChI=1S/C13H18N4/c1-3-8-17-12(9-14)13(15-16-17)11-6-4-10(2)5-7-11/h4-7H,3,8-9,14H2,1-2H3. The van der Waals surface area contributed by atoms with Crippen LogP contribution in [-0.4, -0.2) is 15.0 Å². The van der Waals surface area contributed by atoms with Gasteiger partial charge in [0.2, 0.25) is 0 Å². The Balaban J connectivity index is 2.41. The minimum absolute atomic E-state index is 0.468. The van der Waals surface area contributed by atoms with Gasteiger partial charge in [0.25, 0.3) is 0 Å². The first-order valence-corrected chi connectivity index (χ1v) is 5.95. The maximum absolute atomic E-state index is 5.79. The average Bonchev–Trinajstić information content (AvgIpc) is 2.73. The number of nitrogens with zero attached hydrogens (tertiary/aromatic N) is 3. The van der Waals surface area contributed by atoms with E-state index in [9.17, 15) is 0 Å². The Morgan fingerprint density at radius 3 is 2.53 bits per heavy atom. The summed E-state index contributed by atoms with van der Waals surface area (Å²) in [5, 5.41) is 8.40. The molecule has 0 saturated carbocycles. The van der Waals surface area contributed by atoms with Crippen molar-refractivity contribution >= 4 is 0 Å². The topological polar surface area (TPSA) is 56.7 Å². The zero-order valence-corrected chi connectivity index (χ0v) is 10.3. The molecule has 2 aromatic rings. The van der Waals surface area contributed by atoms with Crippen LogP contribution >= 0.6 is 0 Å². The van der Waals surface area contributed by atoms with E-state index in [2.05, 4.69) is 48.4 Å². The van der Waals surface area contributed by atoms with Crippen LogP contribution in [0, 0.1) is 6.92 Å². The van der Waals surface area contributed by atoms with Crippen LogP contribution in [0.15, 0.2) is 24.3 Å². The quantitative estimate of drug-likeness (QED) is 0.875. The molecule has 0 unspecified atom stereocenters. The lowest BCUT2D eigenvalue weighted by Gasteiger charge is -2.04. The number of aryl methyl sites for hydroxylation is 2. The Bertz CT molecular complexity index is 485. The van der Waals surface area contributed by atoms with Crippen molar-refractivity contribution in [2.24, 2.45) is 5.73 Å². The highest BCUT2D eigenvalue weighted by molar-refractivity contribution is 5.61. The van der Waals surface area contributed by atoms with Gasteiger partial charge in [-0.2, -0.15) is 0 Å². The van der Waals surface area contributed by atoms with E-state index in [0.29, 0.717) is 6.54 Å².